The number of benzene rings is 2. The highest BCUT2D eigenvalue weighted by Crippen LogP contribution is 2.40. The summed E-state index contributed by atoms with van der Waals surface area (Å²) in [5.74, 6) is -1.37. The molecule has 0 aliphatic carbocycles. The number of halogens is 3. The minimum absolute atomic E-state index is 0.147. The molecule has 0 unspecified atom stereocenters. The maximum Gasteiger partial charge on any atom is 0.416 e. The highest BCUT2D eigenvalue weighted by Gasteiger charge is 2.31. The maximum atomic E-state index is 13.3. The third-order valence-electron chi connectivity index (χ3n) is 5.53. The van der Waals surface area contributed by atoms with Crippen molar-refractivity contribution >= 4 is 23.2 Å². The zero-order valence-corrected chi connectivity index (χ0v) is 18.3. The third kappa shape index (κ3) is 4.79. The smallest absolute Gasteiger partial charge is 0.416 e. The predicted molar refractivity (Wildman–Crippen MR) is 117 cm³/mol. The highest BCUT2D eigenvalue weighted by atomic mass is 32.1. The van der Waals surface area contributed by atoms with Crippen LogP contribution in [0.1, 0.15) is 55.2 Å². The molecule has 1 aliphatic rings. The van der Waals surface area contributed by atoms with Crippen molar-refractivity contribution in [3.63, 3.8) is 0 Å². The average molecular weight is 475 g/mol. The summed E-state index contributed by atoms with van der Waals surface area (Å²) in [5.41, 5.74) is 1.97. The van der Waals surface area contributed by atoms with Gasteiger partial charge in [-0.3, -0.25) is 4.79 Å². The quantitative estimate of drug-likeness (QED) is 0.497. The van der Waals surface area contributed by atoms with Crippen LogP contribution in [0.2, 0.25) is 0 Å². The molecule has 2 heterocycles. The van der Waals surface area contributed by atoms with Crippen LogP contribution in [-0.4, -0.2) is 23.6 Å². The van der Waals surface area contributed by atoms with E-state index in [1.54, 1.807) is 19.1 Å². The molecule has 9 heteroatoms. The van der Waals surface area contributed by atoms with E-state index in [9.17, 15) is 22.8 Å². The molecule has 0 saturated heterocycles. The summed E-state index contributed by atoms with van der Waals surface area (Å²) < 4.78 is 44.4. The van der Waals surface area contributed by atoms with E-state index in [2.05, 4.69) is 5.32 Å². The number of carbonyl (C=O) groups is 2. The first-order valence-corrected chi connectivity index (χ1v) is 11.0. The number of carbonyl (C=O) groups excluding carboxylic acids is 1. The predicted octanol–water partition coefficient (Wildman–Crippen LogP) is 5.70. The Kier molecular flexibility index (Phi) is 6.27. The van der Waals surface area contributed by atoms with Crippen molar-refractivity contribution < 1.29 is 32.6 Å². The Labute approximate surface area is 191 Å². The fourth-order valence-electron chi connectivity index (χ4n) is 3.75. The molecule has 1 atom stereocenters. The number of rotatable bonds is 5. The van der Waals surface area contributed by atoms with Crippen LogP contribution >= 0.6 is 11.3 Å². The summed E-state index contributed by atoms with van der Waals surface area (Å²) in [6, 6.07) is 10.6. The van der Waals surface area contributed by atoms with Gasteiger partial charge in [0.2, 0.25) is 0 Å². The zero-order chi connectivity index (χ0) is 23.8. The van der Waals surface area contributed by atoms with Crippen molar-refractivity contribution in [3.8, 4) is 10.4 Å². The first-order chi connectivity index (χ1) is 15.6. The molecule has 2 N–H and O–H groups in total. The molecule has 0 spiro atoms. The number of carboxylic acids is 1. The van der Waals surface area contributed by atoms with Crippen molar-refractivity contribution in [1.82, 2.24) is 5.32 Å². The van der Waals surface area contributed by atoms with E-state index in [0.717, 1.165) is 28.1 Å². The molecule has 1 aliphatic heterocycles. The summed E-state index contributed by atoms with van der Waals surface area (Å²) >= 11 is 1.35. The van der Waals surface area contributed by atoms with Crippen molar-refractivity contribution in [2.45, 2.75) is 32.2 Å². The number of aromatic carboxylic acids is 1. The number of hydrogen-bond donors (Lipinski definition) is 2. The number of amides is 1. The van der Waals surface area contributed by atoms with Gasteiger partial charge < -0.3 is 15.2 Å². The van der Waals surface area contributed by atoms with Gasteiger partial charge in [0.05, 0.1) is 35.9 Å². The van der Waals surface area contributed by atoms with Gasteiger partial charge in [-0.25, -0.2) is 4.79 Å². The molecule has 4 rings (SSSR count). The first-order valence-electron chi connectivity index (χ1n) is 10.2. The Morgan fingerprint density at radius 3 is 2.36 bits per heavy atom. The fourth-order valence-corrected chi connectivity index (χ4v) is 5.04. The highest BCUT2D eigenvalue weighted by molar-refractivity contribution is 7.16. The van der Waals surface area contributed by atoms with Crippen LogP contribution in [0.4, 0.5) is 13.2 Å². The largest absolute Gasteiger partial charge is 0.478 e. The van der Waals surface area contributed by atoms with Crippen LogP contribution in [-0.2, 0) is 23.9 Å². The third-order valence-corrected chi connectivity index (χ3v) is 6.78. The number of alkyl halides is 3. The number of nitrogens with one attached hydrogen (secondary N) is 1. The monoisotopic (exact) mass is 475 g/mol. The van der Waals surface area contributed by atoms with Gasteiger partial charge in [-0.2, -0.15) is 13.2 Å². The SMILES string of the molecule is C[C@@H](NC(=O)c1c(-c2ccc(C(F)(F)F)cc2)sc2c1CCOC2)c1ccc(C(=O)O)cc1. The minimum Gasteiger partial charge on any atom is -0.478 e. The number of carboxylic acid groups (broad SMARTS) is 1. The van der Waals surface area contributed by atoms with Gasteiger partial charge in [0.25, 0.3) is 5.91 Å². The maximum absolute atomic E-state index is 13.3. The van der Waals surface area contributed by atoms with Crippen molar-refractivity contribution in [1.29, 1.82) is 0 Å². The molecule has 172 valence electrons. The fraction of sp³-hybridized carbons (Fsp3) is 0.250. The Hall–Kier alpha value is -3.17. The molecular weight excluding hydrogens is 455 g/mol. The topological polar surface area (TPSA) is 75.6 Å². The molecule has 0 radical (unpaired) electrons. The van der Waals surface area contributed by atoms with Gasteiger partial charge in [0, 0.05) is 9.75 Å². The lowest BCUT2D eigenvalue weighted by atomic mass is 9.99. The molecule has 33 heavy (non-hydrogen) atoms. The Morgan fingerprint density at radius 2 is 1.76 bits per heavy atom. The van der Waals surface area contributed by atoms with Crippen LogP contribution in [0.25, 0.3) is 10.4 Å². The lowest BCUT2D eigenvalue weighted by Crippen LogP contribution is -2.28. The molecule has 3 aromatic rings. The average Bonchev–Trinajstić information content (AvgIpc) is 3.18. The normalized spacial score (nSPS) is 14.4. The summed E-state index contributed by atoms with van der Waals surface area (Å²) in [7, 11) is 0. The molecule has 0 saturated carbocycles. The standard InChI is InChI=1S/C24H20F3NO4S/c1-13(14-2-4-16(5-3-14)23(30)31)28-22(29)20-18-10-11-32-12-19(18)33-21(20)15-6-8-17(9-7-15)24(25,26)27/h2-9,13H,10-12H2,1H3,(H,28,29)(H,30,31)/t13-/m1/s1. The lowest BCUT2D eigenvalue weighted by Gasteiger charge is -2.18. The number of hydrogen-bond acceptors (Lipinski definition) is 4. The Balaban J connectivity index is 1.65. The minimum atomic E-state index is -4.44. The lowest BCUT2D eigenvalue weighted by molar-refractivity contribution is -0.137. The van der Waals surface area contributed by atoms with Crippen molar-refractivity contribution in [2.24, 2.45) is 0 Å². The van der Waals surface area contributed by atoms with Crippen LogP contribution < -0.4 is 5.32 Å². The van der Waals surface area contributed by atoms with Gasteiger partial charge in [0.15, 0.2) is 0 Å². The van der Waals surface area contributed by atoms with Gasteiger partial charge in [-0.1, -0.05) is 24.3 Å². The second kappa shape index (κ2) is 8.99. The molecule has 2 aromatic carbocycles. The molecule has 1 amide bonds. The summed E-state index contributed by atoms with van der Waals surface area (Å²) in [5, 5.41) is 12.0. The second-order valence-corrected chi connectivity index (χ2v) is 8.81. The van der Waals surface area contributed by atoms with Gasteiger partial charge >= 0.3 is 12.1 Å². The summed E-state index contributed by atoms with van der Waals surface area (Å²) in [6.07, 6.45) is -3.90. The molecule has 5 nitrogen and oxygen atoms in total. The van der Waals surface area contributed by atoms with E-state index >= 15 is 0 Å². The first kappa shape index (κ1) is 23.0. The Morgan fingerprint density at radius 1 is 1.09 bits per heavy atom. The number of ether oxygens (including phenoxy) is 1. The van der Waals surface area contributed by atoms with Crippen molar-refractivity contribution in [2.75, 3.05) is 6.61 Å². The van der Waals surface area contributed by atoms with E-state index < -0.39 is 23.8 Å². The van der Waals surface area contributed by atoms with Crippen LogP contribution in [0.15, 0.2) is 48.5 Å². The molecule has 1 aromatic heterocycles. The van der Waals surface area contributed by atoms with Crippen LogP contribution in [0.3, 0.4) is 0 Å². The van der Waals surface area contributed by atoms with Crippen LogP contribution in [0, 0.1) is 0 Å². The van der Waals surface area contributed by atoms with Gasteiger partial charge in [-0.05, 0) is 54.3 Å². The van der Waals surface area contributed by atoms with Crippen LogP contribution in [0.5, 0.6) is 0 Å². The van der Waals surface area contributed by atoms with E-state index in [0.29, 0.717) is 35.6 Å². The molecule has 0 bridgehead atoms. The summed E-state index contributed by atoms with van der Waals surface area (Å²) in [6.45, 7) is 2.60. The van der Waals surface area contributed by atoms with Gasteiger partial charge in [-0.15, -0.1) is 11.3 Å². The van der Waals surface area contributed by atoms with E-state index in [1.807, 2.05) is 0 Å². The van der Waals surface area contributed by atoms with E-state index in [4.69, 9.17) is 9.84 Å². The number of fused-ring (bicyclic) bond motifs is 1. The van der Waals surface area contributed by atoms with E-state index in [1.165, 1.54) is 35.6 Å². The zero-order valence-electron chi connectivity index (χ0n) is 17.5. The van der Waals surface area contributed by atoms with Gasteiger partial charge in [0.1, 0.15) is 0 Å². The Bertz CT molecular complexity index is 1180. The second-order valence-electron chi connectivity index (χ2n) is 7.71. The molecular formula is C24H20F3NO4S. The van der Waals surface area contributed by atoms with Crippen molar-refractivity contribution in [3.05, 3.63) is 81.2 Å². The molecule has 0 fully saturated rings. The summed E-state index contributed by atoms with van der Waals surface area (Å²) in [4.78, 5) is 25.9. The number of thiophene rings is 1. The van der Waals surface area contributed by atoms with E-state index in [-0.39, 0.29) is 11.5 Å².